The highest BCUT2D eigenvalue weighted by Crippen LogP contribution is 2.59. The fourth-order valence-corrected chi connectivity index (χ4v) is 6.31. The molecule has 2 fully saturated rings. The van der Waals surface area contributed by atoms with Crippen molar-refractivity contribution >= 4 is 8.32 Å². The van der Waals surface area contributed by atoms with Crippen molar-refractivity contribution in [3.8, 4) is 0 Å². The van der Waals surface area contributed by atoms with Crippen LogP contribution in [0.4, 0.5) is 0 Å². The molecule has 2 aliphatic rings. The predicted molar refractivity (Wildman–Crippen MR) is 96.5 cm³/mol. The van der Waals surface area contributed by atoms with Crippen LogP contribution in [0.5, 0.6) is 0 Å². The molecule has 0 saturated heterocycles. The smallest absolute Gasteiger partial charge is 0.192 e. The van der Waals surface area contributed by atoms with Gasteiger partial charge >= 0.3 is 0 Å². The molecule has 2 aliphatic carbocycles. The van der Waals surface area contributed by atoms with Crippen molar-refractivity contribution < 1.29 is 9.53 Å². The van der Waals surface area contributed by atoms with Crippen LogP contribution in [0, 0.1) is 23.2 Å². The molecule has 1 unspecified atom stereocenters. The van der Waals surface area contributed by atoms with Gasteiger partial charge in [-0.15, -0.1) is 0 Å². The van der Waals surface area contributed by atoms with E-state index in [1.807, 2.05) is 0 Å². The molecule has 0 radical (unpaired) electrons. The van der Waals surface area contributed by atoms with Gasteiger partial charge in [0.1, 0.15) is 0 Å². The monoisotopic (exact) mass is 326 g/mol. The summed E-state index contributed by atoms with van der Waals surface area (Å²) >= 11 is 0. The number of rotatable bonds is 4. The van der Waals surface area contributed by atoms with Crippen molar-refractivity contribution in [2.45, 2.75) is 91.0 Å². The summed E-state index contributed by atoms with van der Waals surface area (Å²) in [5, 5.41) is 9.92. The summed E-state index contributed by atoms with van der Waals surface area (Å²) in [6, 6.07) is 0. The third-order valence-corrected chi connectivity index (χ3v) is 11.9. The zero-order valence-electron chi connectivity index (χ0n) is 15.9. The molecule has 0 aromatic rings. The van der Waals surface area contributed by atoms with Gasteiger partial charge < -0.3 is 9.53 Å². The van der Waals surface area contributed by atoms with Gasteiger partial charge in [-0.2, -0.15) is 0 Å². The van der Waals surface area contributed by atoms with Crippen molar-refractivity contribution in [3.05, 3.63) is 0 Å². The Kier molecular flexibility index (Phi) is 5.22. The van der Waals surface area contributed by atoms with Crippen molar-refractivity contribution in [2.24, 2.45) is 23.2 Å². The highest BCUT2D eigenvalue weighted by Gasteiger charge is 2.54. The number of fused-ring (bicyclic) bond motifs is 1. The summed E-state index contributed by atoms with van der Waals surface area (Å²) in [5.41, 5.74) is 0.382. The molecule has 130 valence electrons. The molecule has 22 heavy (non-hydrogen) atoms. The summed E-state index contributed by atoms with van der Waals surface area (Å²) in [7, 11) is -1.69. The third-order valence-electron chi connectivity index (χ3n) is 7.36. The lowest BCUT2D eigenvalue weighted by atomic mass is 9.62. The van der Waals surface area contributed by atoms with E-state index in [1.54, 1.807) is 0 Å². The normalized spacial score (nSPS) is 37.9. The summed E-state index contributed by atoms with van der Waals surface area (Å²) in [5.74, 6) is 1.81. The second-order valence-electron chi connectivity index (χ2n) is 9.76. The second kappa shape index (κ2) is 6.21. The lowest BCUT2D eigenvalue weighted by Crippen LogP contribution is -2.50. The predicted octanol–water partition coefficient (Wildman–Crippen LogP) is 5.22. The SMILES string of the molecule is C[C@H](CO)[C@H]1CC[C@H]2C(O[Si](C)(C)C(C)(C)C)CCC[C@]12C. The first kappa shape index (κ1) is 18.5. The molecule has 0 heterocycles. The standard InChI is InChI=1S/C19H38O2Si/c1-14(13-20)15-10-11-16-17(9-8-12-19(15,16)5)21-22(6,7)18(2,3)4/h14-17,20H,8-13H2,1-7H3/t14-,15-,16+,17?,19-/m1/s1. The van der Waals surface area contributed by atoms with Crippen LogP contribution < -0.4 is 0 Å². The van der Waals surface area contributed by atoms with E-state index in [0.29, 0.717) is 35.9 Å². The first-order chi connectivity index (χ1) is 10.0. The Balaban J connectivity index is 2.17. The quantitative estimate of drug-likeness (QED) is 0.718. The lowest BCUT2D eigenvalue weighted by Gasteiger charge is -2.49. The first-order valence-corrected chi connectivity index (χ1v) is 12.2. The Bertz CT molecular complexity index is 387. The van der Waals surface area contributed by atoms with E-state index in [9.17, 15) is 5.11 Å². The molecule has 1 N–H and O–H groups in total. The molecule has 2 rings (SSSR count). The van der Waals surface area contributed by atoms with Gasteiger partial charge in [0.05, 0.1) is 0 Å². The van der Waals surface area contributed by atoms with Crippen LogP contribution in [0.3, 0.4) is 0 Å². The Morgan fingerprint density at radius 2 is 1.86 bits per heavy atom. The minimum Gasteiger partial charge on any atom is -0.414 e. The van der Waals surface area contributed by atoms with Crippen LogP contribution in [-0.4, -0.2) is 26.1 Å². The maximum absolute atomic E-state index is 9.63. The molecular weight excluding hydrogens is 288 g/mol. The van der Waals surface area contributed by atoms with Crippen molar-refractivity contribution in [1.29, 1.82) is 0 Å². The molecule has 0 aromatic heterocycles. The van der Waals surface area contributed by atoms with Gasteiger partial charge in [0.15, 0.2) is 8.32 Å². The summed E-state index contributed by atoms with van der Waals surface area (Å²) < 4.78 is 6.86. The Morgan fingerprint density at radius 3 is 2.41 bits per heavy atom. The van der Waals surface area contributed by atoms with E-state index in [-0.39, 0.29) is 5.04 Å². The highest BCUT2D eigenvalue weighted by molar-refractivity contribution is 6.74. The van der Waals surface area contributed by atoms with Gasteiger partial charge in [-0.3, -0.25) is 0 Å². The van der Waals surface area contributed by atoms with Crippen LogP contribution in [-0.2, 0) is 4.43 Å². The van der Waals surface area contributed by atoms with Gasteiger partial charge in [-0.05, 0) is 67.0 Å². The lowest BCUT2D eigenvalue weighted by molar-refractivity contribution is -0.0259. The van der Waals surface area contributed by atoms with E-state index in [2.05, 4.69) is 47.7 Å². The van der Waals surface area contributed by atoms with Gasteiger partial charge in [-0.25, -0.2) is 0 Å². The van der Waals surface area contributed by atoms with Crippen LogP contribution >= 0.6 is 0 Å². The maximum atomic E-state index is 9.63. The Labute approximate surface area is 139 Å². The van der Waals surface area contributed by atoms with E-state index >= 15 is 0 Å². The van der Waals surface area contributed by atoms with Gasteiger partial charge in [0.25, 0.3) is 0 Å². The average molecular weight is 327 g/mol. The number of hydrogen-bond acceptors (Lipinski definition) is 2. The zero-order chi connectivity index (χ0) is 16.8. The molecule has 0 amide bonds. The molecule has 0 aliphatic heterocycles. The van der Waals surface area contributed by atoms with E-state index in [0.717, 1.165) is 0 Å². The number of hydrogen-bond donors (Lipinski definition) is 1. The minimum absolute atomic E-state index is 0.289. The molecule has 0 bridgehead atoms. The number of aliphatic hydroxyl groups is 1. The summed E-state index contributed by atoms with van der Waals surface area (Å²) in [6.45, 7) is 16.9. The topological polar surface area (TPSA) is 29.5 Å². The summed E-state index contributed by atoms with van der Waals surface area (Å²) in [4.78, 5) is 0. The maximum Gasteiger partial charge on any atom is 0.192 e. The third kappa shape index (κ3) is 3.18. The number of aliphatic hydroxyl groups excluding tert-OH is 1. The second-order valence-corrected chi connectivity index (χ2v) is 14.5. The Hall–Kier alpha value is 0.137. The fourth-order valence-electron chi connectivity index (χ4n) is 4.92. The molecule has 2 saturated carbocycles. The van der Waals surface area contributed by atoms with E-state index < -0.39 is 8.32 Å². The van der Waals surface area contributed by atoms with E-state index in [1.165, 1.54) is 32.1 Å². The van der Waals surface area contributed by atoms with Crippen molar-refractivity contribution in [3.63, 3.8) is 0 Å². The zero-order valence-corrected chi connectivity index (χ0v) is 16.9. The van der Waals surface area contributed by atoms with Crippen molar-refractivity contribution in [2.75, 3.05) is 6.61 Å². The minimum atomic E-state index is -1.69. The molecule has 2 nitrogen and oxygen atoms in total. The first-order valence-electron chi connectivity index (χ1n) is 9.31. The molecule has 0 aromatic carbocycles. The van der Waals surface area contributed by atoms with Crippen LogP contribution in [0.25, 0.3) is 0 Å². The van der Waals surface area contributed by atoms with Gasteiger partial charge in [0, 0.05) is 12.7 Å². The molecular formula is C19H38O2Si. The van der Waals surface area contributed by atoms with Gasteiger partial charge in [-0.1, -0.05) is 41.0 Å². The van der Waals surface area contributed by atoms with Crippen LogP contribution in [0.1, 0.15) is 66.7 Å². The average Bonchev–Trinajstić information content (AvgIpc) is 2.74. The highest BCUT2D eigenvalue weighted by atomic mass is 28.4. The Morgan fingerprint density at radius 1 is 1.23 bits per heavy atom. The molecule has 5 atom stereocenters. The van der Waals surface area contributed by atoms with Crippen LogP contribution in [0.2, 0.25) is 18.1 Å². The van der Waals surface area contributed by atoms with E-state index in [4.69, 9.17) is 4.43 Å². The molecule has 0 spiro atoms. The fraction of sp³-hybridized carbons (Fsp3) is 1.00. The van der Waals surface area contributed by atoms with Crippen LogP contribution in [0.15, 0.2) is 0 Å². The largest absolute Gasteiger partial charge is 0.414 e. The van der Waals surface area contributed by atoms with Gasteiger partial charge in [0.2, 0.25) is 0 Å². The summed E-state index contributed by atoms with van der Waals surface area (Å²) in [6.07, 6.45) is 6.89. The van der Waals surface area contributed by atoms with Crippen molar-refractivity contribution in [1.82, 2.24) is 0 Å². The molecule has 3 heteroatoms.